The molecule has 1 fully saturated rings. The highest BCUT2D eigenvalue weighted by molar-refractivity contribution is 5.97. The quantitative estimate of drug-likeness (QED) is 0.348. The van der Waals surface area contributed by atoms with Crippen molar-refractivity contribution in [3.05, 3.63) is 85.2 Å². The van der Waals surface area contributed by atoms with Crippen molar-refractivity contribution in [1.82, 2.24) is 29.6 Å². The molecular formula is C29H29N7O. The largest absolute Gasteiger partial charge is 0.497 e. The molecular weight excluding hydrogens is 462 g/mol. The molecule has 5 aromatic rings. The zero-order valence-corrected chi connectivity index (χ0v) is 21.1. The van der Waals surface area contributed by atoms with Gasteiger partial charge in [0, 0.05) is 74.9 Å². The predicted octanol–water partition coefficient (Wildman–Crippen LogP) is 4.42. The third-order valence-electron chi connectivity index (χ3n) is 6.96. The highest BCUT2D eigenvalue weighted by Gasteiger charge is 2.19. The Hall–Kier alpha value is -4.30. The van der Waals surface area contributed by atoms with E-state index in [1.54, 1.807) is 13.4 Å². The van der Waals surface area contributed by atoms with Gasteiger partial charge in [-0.25, -0.2) is 15.0 Å². The fourth-order valence-corrected chi connectivity index (χ4v) is 4.96. The fraction of sp³-hybridized carbons (Fsp3) is 0.241. The van der Waals surface area contributed by atoms with Crippen molar-refractivity contribution < 1.29 is 4.74 Å². The first-order chi connectivity index (χ1) is 18.2. The smallest absolute Gasteiger partial charge is 0.128 e. The Morgan fingerprint density at radius 3 is 2.51 bits per heavy atom. The molecule has 8 nitrogen and oxygen atoms in total. The number of aryl methyl sites for hydroxylation is 1. The van der Waals surface area contributed by atoms with Crippen molar-refractivity contribution in [2.45, 2.75) is 6.54 Å². The van der Waals surface area contributed by atoms with Crippen molar-refractivity contribution in [3.63, 3.8) is 0 Å². The number of fused-ring (bicyclic) bond motifs is 1. The summed E-state index contributed by atoms with van der Waals surface area (Å²) in [7, 11) is 3.64. The van der Waals surface area contributed by atoms with Crippen LogP contribution in [0.2, 0.25) is 0 Å². The van der Waals surface area contributed by atoms with E-state index in [1.807, 2.05) is 42.6 Å². The summed E-state index contributed by atoms with van der Waals surface area (Å²) < 4.78 is 7.18. The first-order valence-electron chi connectivity index (χ1n) is 12.5. The lowest BCUT2D eigenvalue weighted by atomic mass is 9.97. The second-order valence-corrected chi connectivity index (χ2v) is 9.40. The Bertz CT molecular complexity index is 1520. The van der Waals surface area contributed by atoms with E-state index in [4.69, 9.17) is 9.72 Å². The molecule has 2 aromatic carbocycles. The van der Waals surface area contributed by atoms with E-state index < -0.39 is 0 Å². The number of benzene rings is 2. The first-order valence-corrected chi connectivity index (χ1v) is 12.5. The zero-order valence-electron chi connectivity index (χ0n) is 21.1. The highest BCUT2D eigenvalue weighted by Crippen LogP contribution is 2.33. The molecule has 0 bridgehead atoms. The average Bonchev–Trinajstić information content (AvgIpc) is 3.39. The van der Waals surface area contributed by atoms with Crippen LogP contribution in [0.5, 0.6) is 5.75 Å². The molecule has 0 spiro atoms. The molecule has 0 N–H and O–H groups in total. The third-order valence-corrected chi connectivity index (χ3v) is 6.96. The lowest BCUT2D eigenvalue weighted by Crippen LogP contribution is -2.46. The van der Waals surface area contributed by atoms with Crippen LogP contribution in [0, 0.1) is 0 Å². The molecule has 0 atom stereocenters. The van der Waals surface area contributed by atoms with Crippen molar-refractivity contribution in [2.75, 3.05) is 38.2 Å². The van der Waals surface area contributed by atoms with Gasteiger partial charge in [0.25, 0.3) is 0 Å². The van der Waals surface area contributed by atoms with Gasteiger partial charge >= 0.3 is 0 Å². The Morgan fingerprint density at radius 2 is 1.76 bits per heavy atom. The van der Waals surface area contributed by atoms with Gasteiger partial charge in [-0.3, -0.25) is 9.58 Å². The van der Waals surface area contributed by atoms with Crippen LogP contribution < -0.4 is 9.64 Å². The number of hydrogen-bond acceptors (Lipinski definition) is 7. The topological polar surface area (TPSA) is 72.2 Å². The van der Waals surface area contributed by atoms with Crippen molar-refractivity contribution >= 4 is 16.7 Å². The minimum absolute atomic E-state index is 0.905. The molecule has 0 saturated carbocycles. The van der Waals surface area contributed by atoms with Gasteiger partial charge in [-0.2, -0.15) is 5.10 Å². The van der Waals surface area contributed by atoms with E-state index in [2.05, 4.69) is 67.3 Å². The van der Waals surface area contributed by atoms with Gasteiger partial charge in [-0.05, 0) is 53.1 Å². The number of pyridine rings is 1. The van der Waals surface area contributed by atoms with Gasteiger partial charge in [-0.1, -0.05) is 12.1 Å². The summed E-state index contributed by atoms with van der Waals surface area (Å²) in [5, 5.41) is 5.34. The molecule has 0 unspecified atom stereocenters. The summed E-state index contributed by atoms with van der Waals surface area (Å²) in [6.45, 7) is 4.82. The van der Waals surface area contributed by atoms with Crippen LogP contribution in [0.4, 0.5) is 5.82 Å². The Kier molecular flexibility index (Phi) is 6.24. The number of hydrogen-bond donors (Lipinski definition) is 0. The molecule has 1 saturated heterocycles. The number of methoxy groups -OCH3 is 1. The Morgan fingerprint density at radius 1 is 0.865 bits per heavy atom. The SMILES string of the molecule is COc1cccc(CN2CCN(c3ccc(-c4cc(-c5cnn(C)c5)cc5ncncc45)cn3)CC2)c1. The second kappa shape index (κ2) is 9.99. The van der Waals surface area contributed by atoms with Crippen LogP contribution in [-0.2, 0) is 13.6 Å². The first kappa shape index (κ1) is 23.1. The van der Waals surface area contributed by atoms with E-state index in [0.29, 0.717) is 0 Å². The van der Waals surface area contributed by atoms with Crippen molar-refractivity contribution in [3.8, 4) is 28.0 Å². The normalized spacial score (nSPS) is 14.3. The van der Waals surface area contributed by atoms with Crippen LogP contribution >= 0.6 is 0 Å². The molecule has 0 radical (unpaired) electrons. The molecule has 1 aliphatic rings. The van der Waals surface area contributed by atoms with Gasteiger partial charge in [0.2, 0.25) is 0 Å². The second-order valence-electron chi connectivity index (χ2n) is 9.40. The molecule has 186 valence electrons. The van der Waals surface area contributed by atoms with Crippen LogP contribution in [0.25, 0.3) is 33.2 Å². The Balaban J connectivity index is 1.19. The van der Waals surface area contributed by atoms with Gasteiger partial charge in [0.05, 0.1) is 18.8 Å². The molecule has 0 aliphatic carbocycles. The molecule has 0 amide bonds. The van der Waals surface area contributed by atoms with Gasteiger partial charge in [-0.15, -0.1) is 0 Å². The van der Waals surface area contributed by atoms with Crippen LogP contribution in [0.3, 0.4) is 0 Å². The standard InChI is InChI=1S/C29H29N7O/c1-34-19-24(16-33-34)23-13-26(27-17-30-20-32-28(27)14-23)22-6-7-29(31-15-22)36-10-8-35(9-11-36)18-21-4-3-5-25(12-21)37-2/h3-7,12-17,19-20H,8-11,18H2,1-2H3. The van der Waals surface area contributed by atoms with E-state index in [1.165, 1.54) is 5.56 Å². The average molecular weight is 492 g/mol. The van der Waals surface area contributed by atoms with E-state index >= 15 is 0 Å². The van der Waals surface area contributed by atoms with Crippen molar-refractivity contribution in [1.29, 1.82) is 0 Å². The molecule has 8 heteroatoms. The van der Waals surface area contributed by atoms with E-state index in [-0.39, 0.29) is 0 Å². The number of rotatable bonds is 6. The monoisotopic (exact) mass is 491 g/mol. The summed E-state index contributed by atoms with van der Waals surface area (Å²) in [6, 6.07) is 16.9. The summed E-state index contributed by atoms with van der Waals surface area (Å²) in [5.74, 6) is 1.92. The molecule has 37 heavy (non-hydrogen) atoms. The van der Waals surface area contributed by atoms with E-state index in [0.717, 1.165) is 77.4 Å². The number of anilines is 1. The number of piperazine rings is 1. The van der Waals surface area contributed by atoms with Gasteiger partial charge in [0.1, 0.15) is 17.9 Å². The summed E-state index contributed by atoms with van der Waals surface area (Å²) in [4.78, 5) is 18.5. The molecule has 6 rings (SSSR count). The molecule has 4 heterocycles. The lowest BCUT2D eigenvalue weighted by molar-refractivity contribution is 0.249. The third kappa shape index (κ3) is 4.88. The summed E-state index contributed by atoms with van der Waals surface area (Å²) in [5.41, 5.74) is 6.43. The highest BCUT2D eigenvalue weighted by atomic mass is 16.5. The molecule has 3 aromatic heterocycles. The van der Waals surface area contributed by atoms with Crippen molar-refractivity contribution in [2.24, 2.45) is 7.05 Å². The van der Waals surface area contributed by atoms with Gasteiger partial charge < -0.3 is 9.64 Å². The number of aromatic nitrogens is 5. The maximum Gasteiger partial charge on any atom is 0.128 e. The fourth-order valence-electron chi connectivity index (χ4n) is 4.96. The maximum absolute atomic E-state index is 5.37. The van der Waals surface area contributed by atoms with Crippen LogP contribution in [0.1, 0.15) is 5.56 Å². The summed E-state index contributed by atoms with van der Waals surface area (Å²) in [6.07, 6.45) is 9.32. The van der Waals surface area contributed by atoms with Gasteiger partial charge in [0.15, 0.2) is 0 Å². The molecule has 1 aliphatic heterocycles. The van der Waals surface area contributed by atoms with Crippen LogP contribution in [-0.4, -0.2) is 62.9 Å². The number of ether oxygens (including phenoxy) is 1. The predicted molar refractivity (Wildman–Crippen MR) is 145 cm³/mol. The van der Waals surface area contributed by atoms with Crippen LogP contribution in [0.15, 0.2) is 79.6 Å². The maximum atomic E-state index is 5.37. The van der Waals surface area contributed by atoms with E-state index in [9.17, 15) is 0 Å². The lowest BCUT2D eigenvalue weighted by Gasteiger charge is -2.35. The minimum Gasteiger partial charge on any atom is -0.497 e. The minimum atomic E-state index is 0.905. The zero-order chi connectivity index (χ0) is 25.2. The Labute approximate surface area is 216 Å². The summed E-state index contributed by atoms with van der Waals surface area (Å²) >= 11 is 0. The number of nitrogens with zero attached hydrogens (tertiary/aromatic N) is 7.